The van der Waals surface area contributed by atoms with Crippen LogP contribution in [0.1, 0.15) is 12.0 Å². The van der Waals surface area contributed by atoms with Gasteiger partial charge in [-0.2, -0.15) is 13.2 Å². The van der Waals surface area contributed by atoms with Gasteiger partial charge in [0.15, 0.2) is 6.10 Å². The summed E-state index contributed by atoms with van der Waals surface area (Å²) >= 11 is 0. The highest BCUT2D eigenvalue weighted by atomic mass is 19.4. The number of carboxylic acid groups (broad SMARTS) is 1. The summed E-state index contributed by atoms with van der Waals surface area (Å²) in [6, 6.07) is 4.60. The summed E-state index contributed by atoms with van der Waals surface area (Å²) < 4.78 is 43.6. The lowest BCUT2D eigenvalue weighted by molar-refractivity contribution is -0.145. The molecule has 0 aromatic heterocycles. The predicted octanol–water partition coefficient (Wildman–Crippen LogP) is 1.77. The number of amides is 1. The van der Waals surface area contributed by atoms with Crippen molar-refractivity contribution >= 4 is 11.9 Å². The minimum Gasteiger partial charge on any atom is -0.480 e. The van der Waals surface area contributed by atoms with Gasteiger partial charge in [-0.3, -0.25) is 9.59 Å². The lowest BCUT2D eigenvalue weighted by Crippen LogP contribution is -2.36. The molecule has 1 atom stereocenters. The molecule has 0 radical (unpaired) electrons. The van der Waals surface area contributed by atoms with Gasteiger partial charge >= 0.3 is 12.1 Å². The Morgan fingerprint density at radius 1 is 1.38 bits per heavy atom. The summed E-state index contributed by atoms with van der Waals surface area (Å²) in [5.41, 5.74) is -0.963. The second kappa shape index (κ2) is 5.63. The van der Waals surface area contributed by atoms with Crippen molar-refractivity contribution in [3.05, 3.63) is 29.8 Å². The Bertz CT molecular complexity index is 559. The minimum absolute atomic E-state index is 0.143. The summed E-state index contributed by atoms with van der Waals surface area (Å²) in [5.74, 6) is -2.23. The number of aliphatic carboxylic acids is 1. The predicted molar refractivity (Wildman–Crippen MR) is 64.7 cm³/mol. The van der Waals surface area contributed by atoms with Crippen LogP contribution in [-0.2, 0) is 15.8 Å². The van der Waals surface area contributed by atoms with E-state index in [4.69, 9.17) is 9.84 Å². The van der Waals surface area contributed by atoms with Crippen LogP contribution in [-0.4, -0.2) is 41.1 Å². The Balaban J connectivity index is 2.13. The molecule has 21 heavy (non-hydrogen) atoms. The van der Waals surface area contributed by atoms with Crippen LogP contribution >= 0.6 is 0 Å². The SMILES string of the molecule is O=C(O)CN1CCC(Oc2ccccc2C(F)(F)F)C1=O. The highest BCUT2D eigenvalue weighted by Crippen LogP contribution is 2.36. The third-order valence-corrected chi connectivity index (χ3v) is 3.04. The molecule has 1 unspecified atom stereocenters. The highest BCUT2D eigenvalue weighted by molar-refractivity contribution is 5.86. The van der Waals surface area contributed by atoms with Gasteiger partial charge in [0.25, 0.3) is 5.91 Å². The van der Waals surface area contributed by atoms with Crippen LogP contribution in [0.25, 0.3) is 0 Å². The fourth-order valence-corrected chi connectivity index (χ4v) is 2.10. The molecule has 0 saturated carbocycles. The van der Waals surface area contributed by atoms with E-state index in [9.17, 15) is 22.8 Å². The molecule has 8 heteroatoms. The first-order valence-corrected chi connectivity index (χ1v) is 6.12. The van der Waals surface area contributed by atoms with Crippen molar-refractivity contribution in [3.8, 4) is 5.75 Å². The summed E-state index contributed by atoms with van der Waals surface area (Å²) in [6.07, 6.45) is -5.52. The Morgan fingerprint density at radius 3 is 2.67 bits per heavy atom. The van der Waals surface area contributed by atoms with Crippen LogP contribution in [0.3, 0.4) is 0 Å². The number of carbonyl (C=O) groups excluding carboxylic acids is 1. The molecule has 114 valence electrons. The Kier molecular flexibility index (Phi) is 4.06. The van der Waals surface area contributed by atoms with E-state index in [-0.39, 0.29) is 13.0 Å². The normalized spacial score (nSPS) is 18.9. The summed E-state index contributed by atoms with van der Waals surface area (Å²) in [6.45, 7) is -0.344. The number of likely N-dealkylation sites (tertiary alicyclic amines) is 1. The van der Waals surface area contributed by atoms with Gasteiger partial charge in [-0.25, -0.2) is 0 Å². The number of halogens is 3. The first-order valence-electron chi connectivity index (χ1n) is 6.12. The van der Waals surface area contributed by atoms with Crippen LogP contribution in [0.2, 0.25) is 0 Å². The maximum atomic E-state index is 12.8. The van der Waals surface area contributed by atoms with Crippen LogP contribution < -0.4 is 4.74 Å². The van der Waals surface area contributed by atoms with Gasteiger partial charge in [0.05, 0.1) is 5.56 Å². The molecule has 2 rings (SSSR count). The second-order valence-electron chi connectivity index (χ2n) is 4.54. The molecule has 1 aliphatic heterocycles. The zero-order chi connectivity index (χ0) is 15.6. The average molecular weight is 303 g/mol. The van der Waals surface area contributed by atoms with E-state index in [0.29, 0.717) is 0 Å². The molecule has 1 heterocycles. The molecular weight excluding hydrogens is 291 g/mol. The molecule has 1 aromatic rings. The standard InChI is InChI=1S/C13H12F3NO4/c14-13(15,16)8-3-1-2-4-9(8)21-10-5-6-17(12(10)20)7-11(18)19/h1-4,10H,5-7H2,(H,18,19). The van der Waals surface area contributed by atoms with E-state index in [1.807, 2.05) is 0 Å². The fourth-order valence-electron chi connectivity index (χ4n) is 2.10. The maximum Gasteiger partial charge on any atom is 0.419 e. The Labute approximate surface area is 117 Å². The molecule has 1 N–H and O–H groups in total. The fraction of sp³-hybridized carbons (Fsp3) is 0.385. The number of nitrogens with zero attached hydrogens (tertiary/aromatic N) is 1. The molecule has 0 spiro atoms. The van der Waals surface area contributed by atoms with Gasteiger partial charge in [0, 0.05) is 13.0 Å². The van der Waals surface area contributed by atoms with Gasteiger partial charge in [-0.05, 0) is 12.1 Å². The van der Waals surface area contributed by atoms with Gasteiger partial charge in [0.1, 0.15) is 12.3 Å². The number of benzene rings is 1. The van der Waals surface area contributed by atoms with E-state index in [1.165, 1.54) is 12.1 Å². The lowest BCUT2D eigenvalue weighted by atomic mass is 10.2. The van der Waals surface area contributed by atoms with Gasteiger partial charge in [-0.15, -0.1) is 0 Å². The number of alkyl halides is 3. The molecular formula is C13H12F3NO4. The van der Waals surface area contributed by atoms with Gasteiger partial charge in [-0.1, -0.05) is 12.1 Å². The first-order chi connectivity index (χ1) is 9.79. The molecule has 1 aromatic carbocycles. The van der Waals surface area contributed by atoms with E-state index in [1.54, 1.807) is 0 Å². The second-order valence-corrected chi connectivity index (χ2v) is 4.54. The van der Waals surface area contributed by atoms with Crippen molar-refractivity contribution < 1.29 is 32.6 Å². The topological polar surface area (TPSA) is 66.8 Å². The molecule has 0 bridgehead atoms. The largest absolute Gasteiger partial charge is 0.480 e. The number of hydrogen-bond donors (Lipinski definition) is 1. The van der Waals surface area contributed by atoms with Crippen molar-refractivity contribution in [1.82, 2.24) is 4.90 Å². The number of rotatable bonds is 4. The lowest BCUT2D eigenvalue weighted by Gasteiger charge is -2.18. The van der Waals surface area contributed by atoms with Crippen LogP contribution in [0, 0.1) is 0 Å². The smallest absolute Gasteiger partial charge is 0.419 e. The number of carbonyl (C=O) groups is 2. The van der Waals surface area contributed by atoms with Crippen LogP contribution in [0.15, 0.2) is 24.3 Å². The summed E-state index contributed by atoms with van der Waals surface area (Å²) in [4.78, 5) is 23.5. The zero-order valence-corrected chi connectivity index (χ0v) is 10.8. The highest BCUT2D eigenvalue weighted by Gasteiger charge is 2.38. The summed E-state index contributed by atoms with van der Waals surface area (Å²) in [7, 11) is 0. The average Bonchev–Trinajstić information content (AvgIpc) is 2.70. The third kappa shape index (κ3) is 3.45. The van der Waals surface area contributed by atoms with Crippen molar-refractivity contribution in [2.24, 2.45) is 0 Å². The van der Waals surface area contributed by atoms with Crippen molar-refractivity contribution in [2.45, 2.75) is 18.7 Å². The molecule has 0 aliphatic carbocycles. The van der Waals surface area contributed by atoms with Crippen LogP contribution in [0.4, 0.5) is 13.2 Å². The molecule has 1 saturated heterocycles. The van der Waals surface area contributed by atoms with Crippen LogP contribution in [0.5, 0.6) is 5.75 Å². The number of para-hydroxylation sites is 1. The quantitative estimate of drug-likeness (QED) is 0.920. The van der Waals surface area contributed by atoms with Gasteiger partial charge in [0.2, 0.25) is 0 Å². The Hall–Kier alpha value is -2.25. The summed E-state index contributed by atoms with van der Waals surface area (Å²) in [5, 5.41) is 8.63. The van der Waals surface area contributed by atoms with E-state index in [2.05, 4.69) is 0 Å². The number of ether oxygens (including phenoxy) is 1. The van der Waals surface area contributed by atoms with E-state index < -0.39 is 42.0 Å². The van der Waals surface area contributed by atoms with Crippen molar-refractivity contribution in [1.29, 1.82) is 0 Å². The molecule has 1 fully saturated rings. The first kappa shape index (κ1) is 15.1. The number of carboxylic acids is 1. The van der Waals surface area contributed by atoms with Crippen molar-refractivity contribution in [3.63, 3.8) is 0 Å². The van der Waals surface area contributed by atoms with Crippen molar-refractivity contribution in [2.75, 3.05) is 13.1 Å². The van der Waals surface area contributed by atoms with Gasteiger partial charge < -0.3 is 14.7 Å². The monoisotopic (exact) mass is 303 g/mol. The maximum absolute atomic E-state index is 12.8. The third-order valence-electron chi connectivity index (χ3n) is 3.04. The number of hydrogen-bond acceptors (Lipinski definition) is 3. The zero-order valence-electron chi connectivity index (χ0n) is 10.8. The Morgan fingerprint density at radius 2 is 2.05 bits per heavy atom. The minimum atomic E-state index is -4.58. The molecule has 1 aliphatic rings. The molecule has 1 amide bonds. The van der Waals surface area contributed by atoms with E-state index in [0.717, 1.165) is 17.0 Å². The molecule has 5 nitrogen and oxygen atoms in total. The van der Waals surface area contributed by atoms with E-state index >= 15 is 0 Å².